The molecule has 2 fully saturated rings. The molecule has 7 nitrogen and oxygen atoms in total. The van der Waals surface area contributed by atoms with Gasteiger partial charge in [-0.2, -0.15) is 0 Å². The number of aliphatic imine (C=N–C) groups is 1. The first-order valence-electron chi connectivity index (χ1n) is 10.5. The maximum absolute atomic E-state index is 5.61. The van der Waals surface area contributed by atoms with Crippen molar-refractivity contribution in [3.05, 3.63) is 47.9 Å². The SMILES string of the molecule is CCNC(=NCC1(c2ccccc2OC)CC1)N1CCN(Cc2ccon2)CC1.I. The van der Waals surface area contributed by atoms with E-state index in [1.54, 1.807) is 13.4 Å². The first kappa shape index (κ1) is 22.9. The van der Waals surface area contributed by atoms with Crippen LogP contribution >= 0.6 is 24.0 Å². The predicted octanol–water partition coefficient (Wildman–Crippen LogP) is 3.12. The van der Waals surface area contributed by atoms with Gasteiger partial charge in [-0.1, -0.05) is 23.4 Å². The Morgan fingerprint density at radius 1 is 1.20 bits per heavy atom. The lowest BCUT2D eigenvalue weighted by atomic mass is 9.95. The fourth-order valence-corrected chi connectivity index (χ4v) is 4.06. The summed E-state index contributed by atoms with van der Waals surface area (Å²) in [7, 11) is 1.75. The topological polar surface area (TPSA) is 66.1 Å². The molecule has 1 aromatic carbocycles. The van der Waals surface area contributed by atoms with Gasteiger partial charge in [0.25, 0.3) is 0 Å². The third-order valence-corrected chi connectivity index (χ3v) is 5.95. The highest BCUT2D eigenvalue weighted by atomic mass is 127. The van der Waals surface area contributed by atoms with E-state index >= 15 is 0 Å². The minimum absolute atomic E-state index is 0. The van der Waals surface area contributed by atoms with Gasteiger partial charge in [-0.15, -0.1) is 24.0 Å². The maximum Gasteiger partial charge on any atom is 0.194 e. The number of nitrogens with one attached hydrogen (secondary N) is 1. The van der Waals surface area contributed by atoms with Crippen LogP contribution in [0.1, 0.15) is 31.0 Å². The average molecular weight is 525 g/mol. The van der Waals surface area contributed by atoms with Gasteiger partial charge in [-0.3, -0.25) is 9.89 Å². The third-order valence-electron chi connectivity index (χ3n) is 5.95. The molecule has 1 aliphatic carbocycles. The van der Waals surface area contributed by atoms with Crippen LogP contribution in [-0.2, 0) is 12.0 Å². The van der Waals surface area contributed by atoms with E-state index in [4.69, 9.17) is 14.3 Å². The summed E-state index contributed by atoms with van der Waals surface area (Å²) in [6, 6.07) is 10.3. The molecule has 0 unspecified atom stereocenters. The van der Waals surface area contributed by atoms with Gasteiger partial charge in [0, 0.05) is 56.3 Å². The number of guanidine groups is 1. The van der Waals surface area contributed by atoms with Gasteiger partial charge in [0.2, 0.25) is 0 Å². The summed E-state index contributed by atoms with van der Waals surface area (Å²) in [5.74, 6) is 2.00. The van der Waals surface area contributed by atoms with Gasteiger partial charge in [0.1, 0.15) is 12.0 Å². The van der Waals surface area contributed by atoms with Crippen molar-refractivity contribution in [2.24, 2.45) is 4.99 Å². The molecule has 4 rings (SSSR count). The first-order chi connectivity index (χ1) is 14.2. The van der Waals surface area contributed by atoms with Gasteiger partial charge < -0.3 is 19.5 Å². The summed E-state index contributed by atoms with van der Waals surface area (Å²) in [5, 5.41) is 7.52. The third kappa shape index (κ3) is 5.26. The van der Waals surface area contributed by atoms with E-state index < -0.39 is 0 Å². The first-order valence-corrected chi connectivity index (χ1v) is 10.5. The van der Waals surface area contributed by atoms with Crippen molar-refractivity contribution in [1.29, 1.82) is 0 Å². The summed E-state index contributed by atoms with van der Waals surface area (Å²) >= 11 is 0. The fraction of sp³-hybridized carbons (Fsp3) is 0.545. The fourth-order valence-electron chi connectivity index (χ4n) is 4.06. The number of nitrogens with zero attached hydrogens (tertiary/aromatic N) is 4. The zero-order valence-electron chi connectivity index (χ0n) is 17.8. The quantitative estimate of drug-likeness (QED) is 0.341. The number of halogens is 1. The lowest BCUT2D eigenvalue weighted by Gasteiger charge is -2.36. The monoisotopic (exact) mass is 525 g/mol. The number of methoxy groups -OCH3 is 1. The van der Waals surface area contributed by atoms with E-state index in [0.29, 0.717) is 0 Å². The van der Waals surface area contributed by atoms with Crippen molar-refractivity contribution in [2.75, 3.05) is 46.4 Å². The summed E-state index contributed by atoms with van der Waals surface area (Å²) < 4.78 is 10.6. The number of benzene rings is 1. The molecule has 0 atom stereocenters. The van der Waals surface area contributed by atoms with Crippen molar-refractivity contribution in [3.63, 3.8) is 0 Å². The lowest BCUT2D eigenvalue weighted by Crippen LogP contribution is -2.52. The molecule has 1 saturated heterocycles. The number of piperazine rings is 1. The van der Waals surface area contributed by atoms with Crippen LogP contribution in [0.15, 0.2) is 46.1 Å². The smallest absolute Gasteiger partial charge is 0.194 e. The van der Waals surface area contributed by atoms with E-state index in [2.05, 4.69) is 45.4 Å². The maximum atomic E-state index is 5.61. The Kier molecular flexibility index (Phi) is 7.99. The molecule has 8 heteroatoms. The molecule has 1 saturated carbocycles. The minimum atomic E-state index is 0. The Morgan fingerprint density at radius 3 is 2.60 bits per heavy atom. The highest BCUT2D eigenvalue weighted by Gasteiger charge is 2.46. The summed E-state index contributed by atoms with van der Waals surface area (Å²) in [4.78, 5) is 9.84. The Hall–Kier alpha value is -1.81. The van der Waals surface area contributed by atoms with Crippen LogP contribution in [0.2, 0.25) is 0 Å². The molecular weight excluding hydrogens is 493 g/mol. The molecule has 0 spiro atoms. The van der Waals surface area contributed by atoms with E-state index in [9.17, 15) is 0 Å². The van der Waals surface area contributed by atoms with Crippen LogP contribution in [0.5, 0.6) is 5.75 Å². The minimum Gasteiger partial charge on any atom is -0.496 e. The van der Waals surface area contributed by atoms with Crippen molar-refractivity contribution >= 4 is 29.9 Å². The number of ether oxygens (including phenoxy) is 1. The lowest BCUT2D eigenvalue weighted by molar-refractivity contribution is 0.169. The Bertz CT molecular complexity index is 815. The van der Waals surface area contributed by atoms with Crippen LogP contribution in [0.3, 0.4) is 0 Å². The molecule has 1 aliphatic heterocycles. The molecule has 30 heavy (non-hydrogen) atoms. The summed E-state index contributed by atoms with van der Waals surface area (Å²) in [6.45, 7) is 8.56. The molecule has 2 aliphatic rings. The summed E-state index contributed by atoms with van der Waals surface area (Å²) in [5.41, 5.74) is 2.41. The van der Waals surface area contributed by atoms with Crippen molar-refractivity contribution in [3.8, 4) is 5.75 Å². The van der Waals surface area contributed by atoms with Crippen molar-refractivity contribution in [2.45, 2.75) is 31.7 Å². The molecule has 2 aromatic rings. The molecule has 2 heterocycles. The molecule has 1 N–H and O–H groups in total. The molecular formula is C22H32IN5O2. The highest BCUT2D eigenvalue weighted by Crippen LogP contribution is 2.51. The second kappa shape index (κ2) is 10.5. The van der Waals surface area contributed by atoms with Crippen molar-refractivity contribution in [1.82, 2.24) is 20.3 Å². The zero-order chi connectivity index (χ0) is 20.1. The molecule has 164 valence electrons. The molecule has 0 amide bonds. The molecule has 1 aromatic heterocycles. The number of para-hydroxylation sites is 1. The van der Waals surface area contributed by atoms with Crippen LogP contribution in [0.4, 0.5) is 0 Å². The second-order valence-electron chi connectivity index (χ2n) is 7.90. The van der Waals surface area contributed by atoms with Gasteiger partial charge >= 0.3 is 0 Å². The average Bonchev–Trinajstić information content (AvgIpc) is 3.38. The molecule has 0 bridgehead atoms. The summed E-state index contributed by atoms with van der Waals surface area (Å²) in [6.07, 6.45) is 3.97. The van der Waals surface area contributed by atoms with E-state index in [0.717, 1.165) is 63.2 Å². The second-order valence-corrected chi connectivity index (χ2v) is 7.90. The van der Waals surface area contributed by atoms with E-state index in [1.807, 2.05) is 12.1 Å². The van der Waals surface area contributed by atoms with Gasteiger partial charge in [-0.05, 0) is 25.8 Å². The Labute approximate surface area is 195 Å². The largest absolute Gasteiger partial charge is 0.496 e. The van der Waals surface area contributed by atoms with E-state index in [-0.39, 0.29) is 29.4 Å². The number of hydrogen-bond donors (Lipinski definition) is 1. The van der Waals surface area contributed by atoms with Gasteiger partial charge in [0.05, 0.1) is 19.3 Å². The Balaban J connectivity index is 0.00000256. The zero-order valence-corrected chi connectivity index (χ0v) is 20.2. The molecule has 0 radical (unpaired) electrons. The van der Waals surface area contributed by atoms with Crippen LogP contribution < -0.4 is 10.1 Å². The standard InChI is InChI=1S/C22H31N5O2.HI/c1-3-23-21(27-13-11-26(12-14-27)16-18-8-15-29-25-18)24-17-22(9-10-22)19-6-4-5-7-20(19)28-2;/h4-8,15H,3,9-14,16-17H2,1-2H3,(H,23,24);1H. The van der Waals surface area contributed by atoms with Crippen LogP contribution in [0, 0.1) is 0 Å². The van der Waals surface area contributed by atoms with Crippen LogP contribution in [0.25, 0.3) is 0 Å². The van der Waals surface area contributed by atoms with Gasteiger partial charge in [-0.25, -0.2) is 0 Å². The van der Waals surface area contributed by atoms with Crippen molar-refractivity contribution < 1.29 is 9.26 Å². The number of hydrogen-bond acceptors (Lipinski definition) is 5. The highest BCUT2D eigenvalue weighted by molar-refractivity contribution is 14.0. The normalized spacial score (nSPS) is 18.6. The predicted molar refractivity (Wildman–Crippen MR) is 129 cm³/mol. The number of aromatic nitrogens is 1. The number of rotatable bonds is 7. The van der Waals surface area contributed by atoms with Crippen LogP contribution in [-0.4, -0.2) is 67.3 Å². The van der Waals surface area contributed by atoms with Gasteiger partial charge in [0.15, 0.2) is 5.96 Å². The Morgan fingerprint density at radius 2 is 1.97 bits per heavy atom. The van der Waals surface area contributed by atoms with E-state index in [1.165, 1.54) is 18.4 Å².